The molecule has 0 aromatic rings. The maximum atomic E-state index is 12.5. The monoisotopic (exact) mass is 402 g/mol. The number of ether oxygens (including phenoxy) is 4. The van der Waals surface area contributed by atoms with Crippen molar-refractivity contribution in [2.45, 2.75) is 78.7 Å². The average Bonchev–Trinajstić information content (AvgIpc) is 2.64. The fourth-order valence-corrected chi connectivity index (χ4v) is 2.18. The predicted molar refractivity (Wildman–Crippen MR) is 101 cm³/mol. The third kappa shape index (κ3) is 11.6. The Morgan fingerprint density at radius 2 is 1.18 bits per heavy atom. The van der Waals surface area contributed by atoms with Crippen LogP contribution in [0.2, 0.25) is 0 Å². The summed E-state index contributed by atoms with van der Waals surface area (Å²) in [5, 5.41) is 0. The van der Waals surface area contributed by atoms with Crippen molar-refractivity contribution >= 4 is 23.9 Å². The minimum absolute atomic E-state index is 0.131. The zero-order valence-electron chi connectivity index (χ0n) is 17.5. The van der Waals surface area contributed by atoms with Crippen molar-refractivity contribution in [2.75, 3.05) is 19.8 Å². The Morgan fingerprint density at radius 1 is 0.714 bits per heavy atom. The van der Waals surface area contributed by atoms with E-state index >= 15 is 0 Å². The van der Waals surface area contributed by atoms with Gasteiger partial charge in [-0.2, -0.15) is 0 Å². The standard InChI is InChI=1S/C20H34O8/c1-5-8-11-25-17(22)14-16(19(23)26-12-9-6-2)18(28-15(4)21)20(24)27-13-10-7-3/h16,18H,5-14H2,1-4H3. The summed E-state index contributed by atoms with van der Waals surface area (Å²) in [7, 11) is 0. The van der Waals surface area contributed by atoms with Gasteiger partial charge in [-0.1, -0.05) is 40.0 Å². The highest BCUT2D eigenvalue weighted by molar-refractivity contribution is 5.88. The first-order valence-corrected chi connectivity index (χ1v) is 10.0. The average molecular weight is 402 g/mol. The summed E-state index contributed by atoms with van der Waals surface area (Å²) in [5.74, 6) is -4.40. The maximum absolute atomic E-state index is 12.5. The van der Waals surface area contributed by atoms with Crippen molar-refractivity contribution in [1.29, 1.82) is 0 Å². The van der Waals surface area contributed by atoms with E-state index in [1.165, 1.54) is 0 Å². The van der Waals surface area contributed by atoms with Gasteiger partial charge in [-0.3, -0.25) is 14.4 Å². The molecule has 0 N–H and O–H groups in total. The molecule has 8 heteroatoms. The molecule has 0 aliphatic heterocycles. The van der Waals surface area contributed by atoms with Crippen molar-refractivity contribution in [3.8, 4) is 0 Å². The van der Waals surface area contributed by atoms with Gasteiger partial charge in [-0.05, 0) is 19.3 Å². The quantitative estimate of drug-likeness (QED) is 0.234. The van der Waals surface area contributed by atoms with Gasteiger partial charge in [-0.15, -0.1) is 0 Å². The van der Waals surface area contributed by atoms with E-state index in [1.807, 2.05) is 20.8 Å². The molecule has 0 aromatic carbocycles. The zero-order chi connectivity index (χ0) is 21.4. The molecule has 0 fully saturated rings. The second-order valence-electron chi connectivity index (χ2n) is 6.46. The van der Waals surface area contributed by atoms with Crippen LogP contribution in [0.5, 0.6) is 0 Å². The summed E-state index contributed by atoms with van der Waals surface area (Å²) in [6, 6.07) is 0. The van der Waals surface area contributed by atoms with E-state index < -0.39 is 42.3 Å². The van der Waals surface area contributed by atoms with Crippen LogP contribution in [0, 0.1) is 5.92 Å². The largest absolute Gasteiger partial charge is 0.466 e. The Labute approximate surface area is 167 Å². The summed E-state index contributed by atoms with van der Waals surface area (Å²) >= 11 is 0. The van der Waals surface area contributed by atoms with Crippen molar-refractivity contribution in [3.63, 3.8) is 0 Å². The Balaban J connectivity index is 5.30. The van der Waals surface area contributed by atoms with Crippen LogP contribution in [-0.4, -0.2) is 49.8 Å². The summed E-state index contributed by atoms with van der Waals surface area (Å²) in [6.45, 7) is 7.42. The van der Waals surface area contributed by atoms with E-state index in [1.54, 1.807) is 0 Å². The van der Waals surface area contributed by atoms with Gasteiger partial charge in [0.1, 0.15) is 5.92 Å². The smallest absolute Gasteiger partial charge is 0.348 e. The predicted octanol–water partition coefficient (Wildman–Crippen LogP) is 2.95. The maximum Gasteiger partial charge on any atom is 0.348 e. The van der Waals surface area contributed by atoms with Crippen molar-refractivity contribution < 1.29 is 38.1 Å². The number of carbonyl (C=O) groups excluding carboxylic acids is 4. The third-order valence-electron chi connectivity index (χ3n) is 3.83. The highest BCUT2D eigenvalue weighted by atomic mass is 16.6. The Hall–Kier alpha value is -2.12. The van der Waals surface area contributed by atoms with Crippen LogP contribution in [0.1, 0.15) is 72.6 Å². The molecule has 8 nitrogen and oxygen atoms in total. The van der Waals surface area contributed by atoms with Crippen LogP contribution in [0.4, 0.5) is 0 Å². The molecule has 162 valence electrons. The van der Waals surface area contributed by atoms with Crippen molar-refractivity contribution in [1.82, 2.24) is 0 Å². The van der Waals surface area contributed by atoms with E-state index in [2.05, 4.69) is 0 Å². The zero-order valence-corrected chi connectivity index (χ0v) is 17.5. The number of hydrogen-bond acceptors (Lipinski definition) is 8. The second kappa shape index (κ2) is 15.9. The molecule has 0 heterocycles. The molecule has 0 aliphatic carbocycles. The molecule has 2 atom stereocenters. The molecular weight excluding hydrogens is 368 g/mol. The minimum atomic E-state index is -1.55. The van der Waals surface area contributed by atoms with Crippen LogP contribution in [0.15, 0.2) is 0 Å². The van der Waals surface area contributed by atoms with Gasteiger partial charge in [0, 0.05) is 6.92 Å². The fourth-order valence-electron chi connectivity index (χ4n) is 2.18. The topological polar surface area (TPSA) is 105 Å². The summed E-state index contributed by atoms with van der Waals surface area (Å²) in [6.07, 6.45) is 2.42. The Kier molecular flexibility index (Phi) is 14.7. The minimum Gasteiger partial charge on any atom is -0.466 e. The lowest BCUT2D eigenvalue weighted by molar-refractivity contribution is -0.179. The summed E-state index contributed by atoms with van der Waals surface area (Å²) < 4.78 is 20.4. The van der Waals surface area contributed by atoms with E-state index in [0.29, 0.717) is 19.3 Å². The van der Waals surface area contributed by atoms with Crippen LogP contribution < -0.4 is 0 Å². The van der Waals surface area contributed by atoms with Crippen molar-refractivity contribution in [3.05, 3.63) is 0 Å². The lowest BCUT2D eigenvalue weighted by Gasteiger charge is -2.23. The molecule has 0 amide bonds. The molecule has 28 heavy (non-hydrogen) atoms. The molecule has 0 radical (unpaired) electrons. The molecular formula is C20H34O8. The summed E-state index contributed by atoms with van der Waals surface area (Å²) in [4.78, 5) is 48.5. The highest BCUT2D eigenvalue weighted by Gasteiger charge is 2.40. The number of carbonyl (C=O) groups is 4. The van der Waals surface area contributed by atoms with E-state index in [-0.39, 0.29) is 19.8 Å². The molecule has 0 bridgehead atoms. The van der Waals surface area contributed by atoms with E-state index in [0.717, 1.165) is 26.2 Å². The van der Waals surface area contributed by atoms with Gasteiger partial charge in [0.05, 0.1) is 26.2 Å². The molecule has 2 unspecified atom stereocenters. The molecule has 0 saturated carbocycles. The molecule has 0 aromatic heterocycles. The first-order chi connectivity index (χ1) is 13.4. The number of unbranched alkanes of at least 4 members (excludes halogenated alkanes) is 3. The van der Waals surface area contributed by atoms with Crippen LogP contribution in [-0.2, 0) is 38.1 Å². The van der Waals surface area contributed by atoms with E-state index in [4.69, 9.17) is 18.9 Å². The lowest BCUT2D eigenvalue weighted by Crippen LogP contribution is -2.42. The Bertz CT molecular complexity index is 489. The molecule has 0 spiro atoms. The number of esters is 4. The van der Waals surface area contributed by atoms with E-state index in [9.17, 15) is 19.2 Å². The van der Waals surface area contributed by atoms with Gasteiger partial charge in [0.2, 0.25) is 6.10 Å². The lowest BCUT2D eigenvalue weighted by atomic mass is 9.98. The first-order valence-electron chi connectivity index (χ1n) is 10.0. The SMILES string of the molecule is CCCCOC(=O)CC(C(=O)OCCCC)C(OC(C)=O)C(=O)OCCCC. The highest BCUT2D eigenvalue weighted by Crippen LogP contribution is 2.19. The Morgan fingerprint density at radius 3 is 1.64 bits per heavy atom. The normalized spacial score (nSPS) is 12.6. The summed E-state index contributed by atoms with van der Waals surface area (Å²) in [5.41, 5.74) is 0. The molecule has 0 aliphatic rings. The van der Waals surface area contributed by atoms with Gasteiger partial charge in [-0.25, -0.2) is 4.79 Å². The molecule has 0 rings (SSSR count). The second-order valence-corrected chi connectivity index (χ2v) is 6.46. The first kappa shape index (κ1) is 25.9. The van der Waals surface area contributed by atoms with Crippen molar-refractivity contribution in [2.24, 2.45) is 5.92 Å². The third-order valence-corrected chi connectivity index (χ3v) is 3.83. The van der Waals surface area contributed by atoms with Gasteiger partial charge in [0.15, 0.2) is 0 Å². The van der Waals surface area contributed by atoms with Gasteiger partial charge in [0.25, 0.3) is 0 Å². The van der Waals surface area contributed by atoms with Gasteiger partial charge >= 0.3 is 23.9 Å². The van der Waals surface area contributed by atoms with Crippen LogP contribution >= 0.6 is 0 Å². The number of hydrogen-bond donors (Lipinski definition) is 0. The van der Waals surface area contributed by atoms with Crippen LogP contribution in [0.25, 0.3) is 0 Å². The fraction of sp³-hybridized carbons (Fsp3) is 0.800. The van der Waals surface area contributed by atoms with Crippen LogP contribution in [0.3, 0.4) is 0 Å². The number of rotatable bonds is 15. The molecule has 0 saturated heterocycles. The van der Waals surface area contributed by atoms with Gasteiger partial charge < -0.3 is 18.9 Å².